The summed E-state index contributed by atoms with van der Waals surface area (Å²) in [5.74, 6) is -1.08. The molecule has 7 heteroatoms. The quantitative estimate of drug-likeness (QED) is 0.453. The van der Waals surface area contributed by atoms with Crippen LogP contribution < -0.4 is 10.9 Å². The highest BCUT2D eigenvalue weighted by atomic mass is 16.5. The van der Waals surface area contributed by atoms with Crippen LogP contribution in [0.2, 0.25) is 0 Å². The van der Waals surface area contributed by atoms with Crippen molar-refractivity contribution in [1.82, 2.24) is 9.55 Å². The number of anilines is 1. The number of amides is 1. The zero-order chi connectivity index (χ0) is 23.4. The van der Waals surface area contributed by atoms with Crippen molar-refractivity contribution in [2.75, 3.05) is 11.9 Å². The van der Waals surface area contributed by atoms with Crippen LogP contribution in [0, 0.1) is 6.92 Å². The highest BCUT2D eigenvalue weighted by molar-refractivity contribution is 5.97. The maximum atomic E-state index is 12.5. The van der Waals surface area contributed by atoms with Gasteiger partial charge in [0.1, 0.15) is 5.69 Å². The summed E-state index contributed by atoms with van der Waals surface area (Å²) < 4.78 is 6.77. The highest BCUT2D eigenvalue weighted by Crippen LogP contribution is 2.21. The molecule has 0 saturated heterocycles. The van der Waals surface area contributed by atoms with E-state index in [-0.39, 0.29) is 11.1 Å². The Labute approximate surface area is 190 Å². The molecule has 0 fully saturated rings. The monoisotopic (exact) mass is 441 g/mol. The average molecular weight is 441 g/mol. The molecule has 0 aliphatic heterocycles. The van der Waals surface area contributed by atoms with E-state index in [2.05, 4.69) is 10.3 Å². The maximum absolute atomic E-state index is 12.5. The molecule has 0 bridgehead atoms. The summed E-state index contributed by atoms with van der Waals surface area (Å²) >= 11 is 0. The van der Waals surface area contributed by atoms with E-state index in [1.54, 1.807) is 41.8 Å². The Bertz CT molecular complexity index is 1380. The van der Waals surface area contributed by atoms with Crippen molar-refractivity contribution < 1.29 is 14.3 Å². The van der Waals surface area contributed by atoms with Crippen molar-refractivity contribution >= 4 is 28.6 Å². The van der Waals surface area contributed by atoms with Gasteiger partial charge >= 0.3 is 5.97 Å². The van der Waals surface area contributed by atoms with Gasteiger partial charge in [-0.2, -0.15) is 0 Å². The molecule has 7 nitrogen and oxygen atoms in total. The number of ether oxygens (including phenoxy) is 1. The lowest BCUT2D eigenvalue weighted by Gasteiger charge is -2.10. The van der Waals surface area contributed by atoms with Gasteiger partial charge in [-0.25, -0.2) is 9.78 Å². The van der Waals surface area contributed by atoms with E-state index in [1.165, 1.54) is 0 Å². The predicted molar refractivity (Wildman–Crippen MR) is 127 cm³/mol. The third-order valence-corrected chi connectivity index (χ3v) is 5.27. The number of nitrogens with zero attached hydrogens (tertiary/aromatic N) is 2. The third-order valence-electron chi connectivity index (χ3n) is 5.27. The number of fused-ring (bicyclic) bond motifs is 1. The van der Waals surface area contributed by atoms with Crippen LogP contribution in [0.1, 0.15) is 23.0 Å². The highest BCUT2D eigenvalue weighted by Gasteiger charge is 2.14. The van der Waals surface area contributed by atoms with Crippen molar-refractivity contribution in [3.8, 4) is 11.1 Å². The lowest BCUT2D eigenvalue weighted by Crippen LogP contribution is -2.23. The van der Waals surface area contributed by atoms with E-state index in [4.69, 9.17) is 4.74 Å². The molecular formula is C26H23N3O4. The Morgan fingerprint density at radius 3 is 2.36 bits per heavy atom. The number of carbonyl (C=O) groups excluding carboxylic acids is 2. The largest absolute Gasteiger partial charge is 0.452 e. The lowest BCUT2D eigenvalue weighted by molar-refractivity contribution is -0.119. The Balaban J connectivity index is 1.39. The van der Waals surface area contributed by atoms with Gasteiger partial charge in [-0.05, 0) is 55.3 Å². The van der Waals surface area contributed by atoms with Gasteiger partial charge in [-0.1, -0.05) is 42.5 Å². The van der Waals surface area contributed by atoms with Crippen molar-refractivity contribution in [1.29, 1.82) is 0 Å². The Morgan fingerprint density at radius 2 is 1.67 bits per heavy atom. The lowest BCUT2D eigenvalue weighted by atomic mass is 10.1. The Kier molecular flexibility index (Phi) is 6.31. The summed E-state index contributed by atoms with van der Waals surface area (Å²) in [6.45, 7) is 3.58. The van der Waals surface area contributed by atoms with Gasteiger partial charge in [0.05, 0.1) is 16.6 Å². The number of aryl methyl sites for hydroxylation is 2. The number of aromatic nitrogens is 2. The van der Waals surface area contributed by atoms with E-state index in [0.717, 1.165) is 11.1 Å². The fourth-order valence-electron chi connectivity index (χ4n) is 3.60. The van der Waals surface area contributed by atoms with Gasteiger partial charge in [0.25, 0.3) is 11.5 Å². The molecule has 0 aliphatic carbocycles. The fraction of sp³-hybridized carbons (Fsp3) is 0.154. The molecule has 0 spiro atoms. The standard InChI is InChI=1S/C26H23N3O4/c1-3-29-23-14-11-20(15-22(23)27-17(2)25(29)31)26(32)33-16-24(30)28-21-12-9-19(10-13-21)18-7-5-4-6-8-18/h4-15H,3,16H2,1-2H3,(H,28,30). The van der Waals surface area contributed by atoms with Crippen molar-refractivity contribution in [2.45, 2.75) is 20.4 Å². The molecule has 0 atom stereocenters. The number of carbonyl (C=O) groups is 2. The summed E-state index contributed by atoms with van der Waals surface area (Å²) in [7, 11) is 0. The van der Waals surface area contributed by atoms with Crippen molar-refractivity contribution in [3.05, 3.63) is 94.4 Å². The van der Waals surface area contributed by atoms with Gasteiger partial charge in [-0.15, -0.1) is 0 Å². The second-order valence-corrected chi connectivity index (χ2v) is 7.52. The number of nitrogens with one attached hydrogen (secondary N) is 1. The first-order valence-corrected chi connectivity index (χ1v) is 10.6. The van der Waals surface area contributed by atoms with Crippen molar-refractivity contribution in [3.63, 3.8) is 0 Å². The molecule has 1 amide bonds. The fourth-order valence-corrected chi connectivity index (χ4v) is 3.60. The molecule has 1 N–H and O–H groups in total. The van der Waals surface area contributed by atoms with E-state index in [1.807, 2.05) is 49.4 Å². The first-order valence-electron chi connectivity index (χ1n) is 10.6. The Hall–Kier alpha value is -4.26. The molecule has 0 aliphatic rings. The van der Waals surface area contributed by atoms with Crippen LogP contribution in [-0.2, 0) is 16.1 Å². The van der Waals surface area contributed by atoms with E-state index in [0.29, 0.717) is 29.0 Å². The van der Waals surface area contributed by atoms with Crippen LogP contribution in [0.5, 0.6) is 0 Å². The molecule has 4 rings (SSSR count). The van der Waals surface area contributed by atoms with Crippen LogP contribution in [0.15, 0.2) is 77.6 Å². The maximum Gasteiger partial charge on any atom is 0.338 e. The summed E-state index contributed by atoms with van der Waals surface area (Å²) in [5.41, 5.74) is 4.34. The minimum absolute atomic E-state index is 0.159. The second-order valence-electron chi connectivity index (χ2n) is 7.52. The number of hydrogen-bond acceptors (Lipinski definition) is 5. The molecule has 4 aromatic rings. The molecule has 166 valence electrons. The van der Waals surface area contributed by atoms with E-state index < -0.39 is 18.5 Å². The topological polar surface area (TPSA) is 90.3 Å². The minimum atomic E-state index is -0.639. The predicted octanol–water partition coefficient (Wildman–Crippen LogP) is 4.19. The molecule has 0 radical (unpaired) electrons. The van der Waals surface area contributed by atoms with Crippen LogP contribution in [-0.4, -0.2) is 28.0 Å². The van der Waals surface area contributed by atoms with Crippen LogP contribution in [0.4, 0.5) is 5.69 Å². The van der Waals surface area contributed by atoms with Gasteiger partial charge in [-0.3, -0.25) is 9.59 Å². The molecule has 0 saturated carbocycles. The van der Waals surface area contributed by atoms with Crippen LogP contribution in [0.25, 0.3) is 22.2 Å². The summed E-state index contributed by atoms with van der Waals surface area (Å²) in [4.78, 5) is 41.2. The van der Waals surface area contributed by atoms with Gasteiger partial charge in [0, 0.05) is 12.2 Å². The number of rotatable bonds is 6. The zero-order valence-corrected chi connectivity index (χ0v) is 18.4. The number of esters is 1. The third kappa shape index (κ3) is 4.82. The van der Waals surface area contributed by atoms with Gasteiger partial charge in [0.2, 0.25) is 0 Å². The molecule has 0 unspecified atom stereocenters. The second kappa shape index (κ2) is 9.48. The Morgan fingerprint density at radius 1 is 0.970 bits per heavy atom. The van der Waals surface area contributed by atoms with Crippen LogP contribution >= 0.6 is 0 Å². The zero-order valence-electron chi connectivity index (χ0n) is 18.4. The van der Waals surface area contributed by atoms with E-state index >= 15 is 0 Å². The normalized spacial score (nSPS) is 10.7. The van der Waals surface area contributed by atoms with Gasteiger partial charge in [0.15, 0.2) is 6.61 Å². The molecule has 33 heavy (non-hydrogen) atoms. The smallest absolute Gasteiger partial charge is 0.338 e. The molecule has 1 aromatic heterocycles. The van der Waals surface area contributed by atoms with Crippen LogP contribution in [0.3, 0.4) is 0 Å². The summed E-state index contributed by atoms with van der Waals surface area (Å²) in [6, 6.07) is 22.1. The molecule has 3 aromatic carbocycles. The van der Waals surface area contributed by atoms with Gasteiger partial charge < -0.3 is 14.6 Å². The van der Waals surface area contributed by atoms with E-state index in [9.17, 15) is 14.4 Å². The SMILES string of the molecule is CCn1c(=O)c(C)nc2cc(C(=O)OCC(=O)Nc3ccc(-c4ccccc4)cc3)ccc21. The molecule has 1 heterocycles. The summed E-state index contributed by atoms with van der Waals surface area (Å²) in [5, 5.41) is 2.72. The number of hydrogen-bond donors (Lipinski definition) is 1. The number of benzene rings is 3. The van der Waals surface area contributed by atoms with Crippen molar-refractivity contribution in [2.24, 2.45) is 0 Å². The summed E-state index contributed by atoms with van der Waals surface area (Å²) in [6.07, 6.45) is 0. The average Bonchev–Trinajstić information content (AvgIpc) is 2.84. The first kappa shape index (κ1) is 22.0. The first-order chi connectivity index (χ1) is 16.0. The minimum Gasteiger partial charge on any atom is -0.452 e. The molecular weight excluding hydrogens is 418 g/mol.